The Kier molecular flexibility index (Phi) is 6.46. The van der Waals surface area contributed by atoms with Crippen LogP contribution in [0.2, 0.25) is 5.02 Å². The van der Waals surface area contributed by atoms with E-state index in [0.717, 1.165) is 11.3 Å². The predicted octanol–water partition coefficient (Wildman–Crippen LogP) is 3.67. The first-order valence-electron chi connectivity index (χ1n) is 10.6. The molecule has 0 saturated heterocycles. The molecule has 170 valence electrons. The number of halogens is 1. The topological polar surface area (TPSA) is 105 Å². The van der Waals surface area contributed by atoms with Crippen LogP contribution in [0.3, 0.4) is 0 Å². The van der Waals surface area contributed by atoms with E-state index in [9.17, 15) is 14.4 Å². The third-order valence-corrected chi connectivity index (χ3v) is 6.00. The maximum absolute atomic E-state index is 12.7. The van der Waals surface area contributed by atoms with Crippen LogP contribution in [0.5, 0.6) is 0 Å². The molecule has 0 spiro atoms. The van der Waals surface area contributed by atoms with Gasteiger partial charge in [0.15, 0.2) is 0 Å². The SMILES string of the molecule is Cc1nn(Cc2ccccc2Cl)c(C)c1NC(=O)CC[C@@H]1NC(=O)c2ccccc2NC1=O. The smallest absolute Gasteiger partial charge is 0.254 e. The summed E-state index contributed by atoms with van der Waals surface area (Å²) in [5.74, 6) is -0.953. The van der Waals surface area contributed by atoms with Gasteiger partial charge in [-0.3, -0.25) is 19.1 Å². The number of carbonyl (C=O) groups is 3. The number of hydrogen-bond donors (Lipinski definition) is 3. The van der Waals surface area contributed by atoms with Gasteiger partial charge in [-0.25, -0.2) is 0 Å². The van der Waals surface area contributed by atoms with Crippen molar-refractivity contribution in [2.45, 2.75) is 39.3 Å². The number of nitrogens with zero attached hydrogens (tertiary/aromatic N) is 2. The van der Waals surface area contributed by atoms with E-state index in [0.29, 0.717) is 34.2 Å². The van der Waals surface area contributed by atoms with E-state index in [1.807, 2.05) is 38.1 Å². The van der Waals surface area contributed by atoms with Crippen LogP contribution in [0.1, 0.15) is 40.2 Å². The van der Waals surface area contributed by atoms with Gasteiger partial charge in [0.05, 0.1) is 34.9 Å². The zero-order chi connectivity index (χ0) is 23.5. The quantitative estimate of drug-likeness (QED) is 0.516. The second kappa shape index (κ2) is 9.46. The Hall–Kier alpha value is -3.65. The minimum absolute atomic E-state index is 0.0588. The van der Waals surface area contributed by atoms with Crippen molar-refractivity contribution >= 4 is 40.7 Å². The average molecular weight is 466 g/mol. The van der Waals surface area contributed by atoms with Gasteiger partial charge in [0.25, 0.3) is 5.91 Å². The van der Waals surface area contributed by atoms with Gasteiger partial charge < -0.3 is 16.0 Å². The van der Waals surface area contributed by atoms with Gasteiger partial charge in [-0.2, -0.15) is 5.10 Å². The normalized spacial score (nSPS) is 15.3. The summed E-state index contributed by atoms with van der Waals surface area (Å²) in [5.41, 5.74) is 3.91. The number of anilines is 2. The molecule has 0 aliphatic carbocycles. The van der Waals surface area contributed by atoms with Gasteiger partial charge in [-0.15, -0.1) is 0 Å². The molecule has 33 heavy (non-hydrogen) atoms. The van der Waals surface area contributed by atoms with Gasteiger partial charge in [-0.1, -0.05) is 41.9 Å². The van der Waals surface area contributed by atoms with Crippen LogP contribution in [0.25, 0.3) is 0 Å². The molecule has 1 atom stereocenters. The van der Waals surface area contributed by atoms with Gasteiger partial charge >= 0.3 is 0 Å². The van der Waals surface area contributed by atoms with E-state index in [1.54, 1.807) is 28.9 Å². The predicted molar refractivity (Wildman–Crippen MR) is 126 cm³/mol. The number of rotatable bonds is 6. The van der Waals surface area contributed by atoms with E-state index in [2.05, 4.69) is 21.0 Å². The molecule has 2 aromatic carbocycles. The zero-order valence-corrected chi connectivity index (χ0v) is 19.1. The van der Waals surface area contributed by atoms with E-state index >= 15 is 0 Å². The molecule has 0 bridgehead atoms. The highest BCUT2D eigenvalue weighted by molar-refractivity contribution is 6.31. The Labute approximate surface area is 196 Å². The Balaban J connectivity index is 1.39. The average Bonchev–Trinajstić information content (AvgIpc) is 2.97. The molecule has 8 nitrogen and oxygen atoms in total. The molecule has 4 rings (SSSR count). The number of aryl methyl sites for hydroxylation is 1. The molecule has 1 aromatic heterocycles. The standard InChI is InChI=1S/C24H24ClN5O3/c1-14-22(15(2)30(29-14)13-16-7-3-5-9-18(16)25)28-21(31)12-11-20-24(33)26-19-10-6-4-8-17(19)23(32)27-20/h3-10,20H,11-13H2,1-2H3,(H,26,33)(H,27,32)(H,28,31)/t20-/m0/s1. The summed E-state index contributed by atoms with van der Waals surface area (Å²) in [5, 5.41) is 13.5. The Morgan fingerprint density at radius 2 is 1.85 bits per heavy atom. The lowest BCUT2D eigenvalue weighted by Crippen LogP contribution is -2.41. The molecule has 0 unspecified atom stereocenters. The number of aromatic nitrogens is 2. The summed E-state index contributed by atoms with van der Waals surface area (Å²) in [6, 6.07) is 13.5. The van der Waals surface area contributed by atoms with Crippen LogP contribution >= 0.6 is 11.6 Å². The first-order valence-corrected chi connectivity index (χ1v) is 11.0. The molecule has 1 aliphatic rings. The highest BCUT2D eigenvalue weighted by Crippen LogP contribution is 2.24. The van der Waals surface area contributed by atoms with E-state index in [-0.39, 0.29) is 30.6 Å². The summed E-state index contributed by atoms with van der Waals surface area (Å²) in [7, 11) is 0. The maximum atomic E-state index is 12.7. The maximum Gasteiger partial charge on any atom is 0.254 e. The van der Waals surface area contributed by atoms with Crippen molar-refractivity contribution in [2.75, 3.05) is 10.6 Å². The number of nitrogens with one attached hydrogen (secondary N) is 3. The molecule has 0 radical (unpaired) electrons. The lowest BCUT2D eigenvalue weighted by Gasteiger charge is -2.14. The third kappa shape index (κ3) is 4.90. The molecule has 0 fully saturated rings. The van der Waals surface area contributed by atoms with Crippen molar-refractivity contribution in [3.8, 4) is 0 Å². The van der Waals surface area contributed by atoms with Crippen LogP contribution in [-0.4, -0.2) is 33.5 Å². The van der Waals surface area contributed by atoms with Crippen LogP contribution < -0.4 is 16.0 Å². The molecular formula is C24H24ClN5O3. The van der Waals surface area contributed by atoms with Crippen LogP contribution in [0, 0.1) is 13.8 Å². The molecule has 3 amide bonds. The summed E-state index contributed by atoms with van der Waals surface area (Å²) >= 11 is 6.26. The van der Waals surface area contributed by atoms with Crippen molar-refractivity contribution in [3.05, 3.63) is 76.1 Å². The second-order valence-electron chi connectivity index (χ2n) is 7.94. The lowest BCUT2D eigenvalue weighted by molar-refractivity contribution is -0.118. The van der Waals surface area contributed by atoms with Gasteiger partial charge in [0, 0.05) is 11.4 Å². The Morgan fingerprint density at radius 1 is 1.12 bits per heavy atom. The van der Waals surface area contributed by atoms with Gasteiger partial charge in [-0.05, 0) is 44.0 Å². The minimum Gasteiger partial charge on any atom is -0.340 e. The van der Waals surface area contributed by atoms with Crippen molar-refractivity contribution in [1.29, 1.82) is 0 Å². The molecule has 9 heteroatoms. The summed E-state index contributed by atoms with van der Waals surface area (Å²) in [6.07, 6.45) is 0.229. The van der Waals surface area contributed by atoms with Crippen molar-refractivity contribution in [2.24, 2.45) is 0 Å². The molecular weight excluding hydrogens is 442 g/mol. The fourth-order valence-electron chi connectivity index (χ4n) is 3.81. The van der Waals surface area contributed by atoms with E-state index in [4.69, 9.17) is 11.6 Å². The summed E-state index contributed by atoms with van der Waals surface area (Å²) in [4.78, 5) is 37.6. The van der Waals surface area contributed by atoms with E-state index < -0.39 is 6.04 Å². The first-order chi connectivity index (χ1) is 15.8. The number of hydrogen-bond acceptors (Lipinski definition) is 4. The minimum atomic E-state index is -0.805. The summed E-state index contributed by atoms with van der Waals surface area (Å²) in [6.45, 7) is 4.18. The zero-order valence-electron chi connectivity index (χ0n) is 18.3. The second-order valence-corrected chi connectivity index (χ2v) is 8.35. The van der Waals surface area contributed by atoms with E-state index in [1.165, 1.54) is 0 Å². The first kappa shape index (κ1) is 22.5. The van der Waals surface area contributed by atoms with Gasteiger partial charge in [0.2, 0.25) is 11.8 Å². The van der Waals surface area contributed by atoms with Crippen molar-refractivity contribution in [1.82, 2.24) is 15.1 Å². The molecule has 2 heterocycles. The summed E-state index contributed by atoms with van der Waals surface area (Å²) < 4.78 is 1.79. The largest absolute Gasteiger partial charge is 0.340 e. The fourth-order valence-corrected chi connectivity index (χ4v) is 4.01. The molecule has 0 saturated carbocycles. The molecule has 1 aliphatic heterocycles. The fraction of sp³-hybridized carbons (Fsp3) is 0.250. The highest BCUT2D eigenvalue weighted by atomic mass is 35.5. The van der Waals surface area contributed by atoms with Crippen LogP contribution in [-0.2, 0) is 16.1 Å². The Morgan fingerprint density at radius 3 is 2.64 bits per heavy atom. The number of carbonyl (C=O) groups excluding carboxylic acids is 3. The lowest BCUT2D eigenvalue weighted by atomic mass is 10.1. The highest BCUT2D eigenvalue weighted by Gasteiger charge is 2.28. The molecule has 3 aromatic rings. The number of fused-ring (bicyclic) bond motifs is 1. The molecule has 3 N–H and O–H groups in total. The van der Waals surface area contributed by atoms with Crippen molar-refractivity contribution in [3.63, 3.8) is 0 Å². The number of amides is 3. The van der Waals surface area contributed by atoms with Crippen LogP contribution in [0.4, 0.5) is 11.4 Å². The van der Waals surface area contributed by atoms with Crippen LogP contribution in [0.15, 0.2) is 48.5 Å². The number of benzene rings is 2. The monoisotopic (exact) mass is 465 g/mol. The number of para-hydroxylation sites is 1. The third-order valence-electron chi connectivity index (χ3n) is 5.64. The van der Waals surface area contributed by atoms with Gasteiger partial charge in [0.1, 0.15) is 6.04 Å². The van der Waals surface area contributed by atoms with Crippen molar-refractivity contribution < 1.29 is 14.4 Å². The Bertz CT molecular complexity index is 1240.